The lowest BCUT2D eigenvalue weighted by atomic mass is 10.0. The summed E-state index contributed by atoms with van der Waals surface area (Å²) >= 11 is 7.46. The number of amides is 1. The molecule has 0 spiro atoms. The van der Waals surface area contributed by atoms with Crippen molar-refractivity contribution in [1.82, 2.24) is 19.9 Å². The number of anilines is 1. The molecule has 0 unspecified atom stereocenters. The van der Waals surface area contributed by atoms with Gasteiger partial charge in [-0.3, -0.25) is 4.79 Å². The van der Waals surface area contributed by atoms with Crippen LogP contribution in [0.1, 0.15) is 46.6 Å². The van der Waals surface area contributed by atoms with Crippen LogP contribution < -0.4 is 4.90 Å². The SMILES string of the molecule is CC(C)(C)OC(=O)Cc1nc2c(-c3c(Cl)cc4c(N5CCN(C(=O)OC(C)(C)C)CC5)ncnc4c3F)c(F)cc(F)c2s1. The van der Waals surface area contributed by atoms with Crippen LogP contribution in [0.2, 0.25) is 5.02 Å². The summed E-state index contributed by atoms with van der Waals surface area (Å²) in [5.41, 5.74) is -2.34. The first kappa shape index (κ1) is 31.7. The molecule has 0 radical (unpaired) electrons. The van der Waals surface area contributed by atoms with Crippen molar-refractivity contribution >= 4 is 61.9 Å². The van der Waals surface area contributed by atoms with Gasteiger partial charge in [-0.2, -0.15) is 0 Å². The average molecular weight is 650 g/mol. The topological polar surface area (TPSA) is 97.8 Å². The maximum Gasteiger partial charge on any atom is 0.410 e. The Hall–Kier alpha value is -3.71. The molecule has 2 aromatic carbocycles. The summed E-state index contributed by atoms with van der Waals surface area (Å²) in [6.07, 6.45) is 0.493. The van der Waals surface area contributed by atoms with Gasteiger partial charge in [0.2, 0.25) is 0 Å². The Bertz CT molecular complexity index is 1780. The van der Waals surface area contributed by atoms with E-state index in [0.29, 0.717) is 38.1 Å². The highest BCUT2D eigenvalue weighted by Gasteiger charge is 2.30. The van der Waals surface area contributed by atoms with Crippen LogP contribution in [0.5, 0.6) is 0 Å². The van der Waals surface area contributed by atoms with Crippen LogP contribution in [-0.2, 0) is 20.7 Å². The van der Waals surface area contributed by atoms with E-state index in [1.165, 1.54) is 12.4 Å². The number of hydrogen-bond acceptors (Lipinski definition) is 9. The number of rotatable bonds is 4. The van der Waals surface area contributed by atoms with Gasteiger partial charge in [0.05, 0.1) is 21.7 Å². The molecule has 1 saturated heterocycles. The molecule has 0 atom stereocenters. The lowest BCUT2D eigenvalue weighted by molar-refractivity contribution is -0.153. The molecule has 0 N–H and O–H groups in total. The summed E-state index contributed by atoms with van der Waals surface area (Å²) in [7, 11) is 0. The number of nitrogens with zero attached hydrogens (tertiary/aromatic N) is 5. The highest BCUT2D eigenvalue weighted by molar-refractivity contribution is 7.18. The van der Waals surface area contributed by atoms with Crippen molar-refractivity contribution in [2.45, 2.75) is 59.2 Å². The normalized spacial score (nSPS) is 14.4. The van der Waals surface area contributed by atoms with E-state index >= 15 is 8.78 Å². The average Bonchev–Trinajstić information content (AvgIpc) is 3.32. The van der Waals surface area contributed by atoms with Gasteiger partial charge < -0.3 is 19.3 Å². The molecule has 0 bridgehead atoms. The molecule has 2 aromatic heterocycles. The monoisotopic (exact) mass is 649 g/mol. The number of ether oxygens (including phenoxy) is 2. The minimum atomic E-state index is -1.07. The van der Waals surface area contributed by atoms with Crippen LogP contribution in [0.15, 0.2) is 18.5 Å². The van der Waals surface area contributed by atoms with E-state index in [-0.39, 0.29) is 48.7 Å². The number of hydrogen-bond donors (Lipinski definition) is 0. The van der Waals surface area contributed by atoms with Crippen molar-refractivity contribution in [2.75, 3.05) is 31.1 Å². The maximum atomic E-state index is 16.3. The zero-order chi connectivity index (χ0) is 32.1. The lowest BCUT2D eigenvalue weighted by Crippen LogP contribution is -2.50. The van der Waals surface area contributed by atoms with E-state index < -0.39 is 40.7 Å². The van der Waals surface area contributed by atoms with Gasteiger partial charge in [0.1, 0.15) is 45.5 Å². The van der Waals surface area contributed by atoms with Gasteiger partial charge in [-0.25, -0.2) is 32.9 Å². The lowest BCUT2D eigenvalue weighted by Gasteiger charge is -2.36. The van der Waals surface area contributed by atoms with Crippen LogP contribution in [0.4, 0.5) is 23.8 Å². The molecule has 4 aromatic rings. The first-order valence-corrected chi connectivity index (χ1v) is 15.1. The van der Waals surface area contributed by atoms with E-state index in [1.54, 1.807) is 46.4 Å². The molecule has 234 valence electrons. The van der Waals surface area contributed by atoms with Crippen LogP contribution in [0, 0.1) is 17.5 Å². The number of piperazine rings is 1. The van der Waals surface area contributed by atoms with Crippen LogP contribution in [-0.4, -0.2) is 69.3 Å². The van der Waals surface area contributed by atoms with Crippen molar-refractivity contribution in [2.24, 2.45) is 0 Å². The van der Waals surface area contributed by atoms with E-state index in [2.05, 4.69) is 15.0 Å². The second-order valence-corrected chi connectivity index (χ2v) is 13.8. The summed E-state index contributed by atoms with van der Waals surface area (Å²) in [5, 5.41) is 0.298. The number of carbonyl (C=O) groups excluding carboxylic acids is 2. The Morgan fingerprint density at radius 2 is 1.57 bits per heavy atom. The second-order valence-electron chi connectivity index (χ2n) is 12.4. The predicted octanol–water partition coefficient (Wildman–Crippen LogP) is 6.92. The minimum Gasteiger partial charge on any atom is -0.460 e. The maximum absolute atomic E-state index is 16.3. The Morgan fingerprint density at radius 1 is 0.909 bits per heavy atom. The molecular weight excluding hydrogens is 619 g/mol. The Kier molecular flexibility index (Phi) is 8.40. The molecule has 5 rings (SSSR count). The molecule has 1 amide bonds. The fraction of sp³-hybridized carbons (Fsp3) is 0.433. The zero-order valence-corrected chi connectivity index (χ0v) is 26.6. The molecular formula is C30H31ClF3N5O4S. The molecule has 14 heteroatoms. The third-order valence-corrected chi connectivity index (χ3v) is 7.98. The molecule has 1 aliphatic heterocycles. The van der Waals surface area contributed by atoms with Gasteiger partial charge >= 0.3 is 12.1 Å². The first-order valence-electron chi connectivity index (χ1n) is 13.9. The van der Waals surface area contributed by atoms with Gasteiger partial charge in [0, 0.05) is 48.8 Å². The largest absolute Gasteiger partial charge is 0.460 e. The van der Waals surface area contributed by atoms with Crippen LogP contribution >= 0.6 is 22.9 Å². The summed E-state index contributed by atoms with van der Waals surface area (Å²) < 4.78 is 57.3. The Morgan fingerprint density at radius 3 is 2.20 bits per heavy atom. The van der Waals surface area contributed by atoms with E-state index in [0.717, 1.165) is 11.3 Å². The Balaban J connectivity index is 1.51. The second kappa shape index (κ2) is 11.7. The van der Waals surface area contributed by atoms with E-state index in [4.69, 9.17) is 21.1 Å². The summed E-state index contributed by atoms with van der Waals surface area (Å²) in [6, 6.07) is 2.08. The van der Waals surface area contributed by atoms with Crippen molar-refractivity contribution in [3.8, 4) is 11.1 Å². The molecule has 44 heavy (non-hydrogen) atoms. The number of carbonyl (C=O) groups is 2. The third kappa shape index (κ3) is 6.53. The molecule has 0 aliphatic carbocycles. The molecule has 0 saturated carbocycles. The van der Waals surface area contributed by atoms with Gasteiger partial charge in [-0.1, -0.05) is 11.6 Å². The van der Waals surface area contributed by atoms with E-state index in [9.17, 15) is 14.0 Å². The fourth-order valence-corrected chi connectivity index (χ4v) is 6.15. The minimum absolute atomic E-state index is 0.0539. The Labute approximate surface area is 260 Å². The standard InChI is InChI=1S/C30H31ClF3N5O4S/c1-29(2,3)42-20(40)13-19-37-25-22(17(32)12-18(33)26(25)44-19)21-16(31)11-15-24(23(21)34)35-14-36-27(15)38-7-9-39(10-8-38)28(41)43-30(4,5)6/h11-12,14H,7-10,13H2,1-6H3. The van der Waals surface area contributed by atoms with Gasteiger partial charge in [0.15, 0.2) is 5.82 Å². The van der Waals surface area contributed by atoms with Crippen molar-refractivity contribution in [3.63, 3.8) is 0 Å². The third-order valence-electron chi connectivity index (χ3n) is 6.61. The predicted molar refractivity (Wildman–Crippen MR) is 163 cm³/mol. The van der Waals surface area contributed by atoms with Gasteiger partial charge in [0.25, 0.3) is 0 Å². The zero-order valence-electron chi connectivity index (χ0n) is 25.1. The van der Waals surface area contributed by atoms with E-state index in [1.807, 2.05) is 4.90 Å². The molecule has 1 fully saturated rings. The highest BCUT2D eigenvalue weighted by atomic mass is 35.5. The summed E-state index contributed by atoms with van der Waals surface area (Å²) in [4.78, 5) is 41.1. The smallest absolute Gasteiger partial charge is 0.410 e. The number of fused-ring (bicyclic) bond motifs is 2. The quantitative estimate of drug-likeness (QED) is 0.220. The van der Waals surface area contributed by atoms with Crippen molar-refractivity contribution < 1.29 is 32.2 Å². The van der Waals surface area contributed by atoms with Crippen molar-refractivity contribution in [1.29, 1.82) is 0 Å². The first-order chi connectivity index (χ1) is 20.5. The van der Waals surface area contributed by atoms with Gasteiger partial charge in [-0.05, 0) is 47.6 Å². The highest BCUT2D eigenvalue weighted by Crippen LogP contribution is 2.43. The number of esters is 1. The van der Waals surface area contributed by atoms with Crippen LogP contribution in [0.25, 0.3) is 32.2 Å². The van der Waals surface area contributed by atoms with Crippen LogP contribution in [0.3, 0.4) is 0 Å². The number of benzene rings is 2. The van der Waals surface area contributed by atoms with Crippen molar-refractivity contribution in [3.05, 3.63) is 45.9 Å². The molecule has 1 aliphatic rings. The summed E-state index contributed by atoms with van der Waals surface area (Å²) in [5.74, 6) is -3.11. The fourth-order valence-electron chi connectivity index (χ4n) is 4.90. The number of halogens is 4. The molecule has 3 heterocycles. The summed E-state index contributed by atoms with van der Waals surface area (Å²) in [6.45, 7) is 12.0. The molecule has 9 nitrogen and oxygen atoms in total. The number of aromatic nitrogens is 3. The van der Waals surface area contributed by atoms with Gasteiger partial charge in [-0.15, -0.1) is 11.3 Å². The number of thiazole rings is 1.